The van der Waals surface area contributed by atoms with Crippen molar-refractivity contribution in [2.45, 2.75) is 93.7 Å². The molecule has 3 unspecified atom stereocenters. The van der Waals surface area contributed by atoms with E-state index in [9.17, 15) is 32.7 Å². The Bertz CT molecular complexity index is 1900. The second kappa shape index (κ2) is 20.5. The van der Waals surface area contributed by atoms with Gasteiger partial charge in [-0.1, -0.05) is 95.0 Å². The average Bonchev–Trinajstić information content (AvgIpc) is 3.29. The van der Waals surface area contributed by atoms with Crippen LogP contribution < -0.4 is 25.6 Å². The Morgan fingerprint density at radius 1 is 0.911 bits per heavy atom. The van der Waals surface area contributed by atoms with E-state index >= 15 is 0 Å². The quantitative estimate of drug-likeness (QED) is 0.0920. The number of thioether (sulfide) groups is 1. The summed E-state index contributed by atoms with van der Waals surface area (Å²) in [6.45, 7) is 5.30. The number of hydrogen-bond acceptors (Lipinski definition) is 10. The predicted molar refractivity (Wildman–Crippen MR) is 217 cm³/mol. The van der Waals surface area contributed by atoms with Gasteiger partial charge in [-0.05, 0) is 49.3 Å². The van der Waals surface area contributed by atoms with Crippen molar-refractivity contribution in [2.24, 2.45) is 5.41 Å². The highest BCUT2D eigenvalue weighted by Gasteiger charge is 2.42. The van der Waals surface area contributed by atoms with Crippen molar-refractivity contribution >= 4 is 56.7 Å². The highest BCUT2D eigenvalue weighted by molar-refractivity contribution is 7.98. The first-order chi connectivity index (χ1) is 26.8. The van der Waals surface area contributed by atoms with Gasteiger partial charge in [-0.25, -0.2) is 13.2 Å². The number of carboxylic acids is 1. The molecular formula is C41H54N4O9S2. The highest BCUT2D eigenvalue weighted by Crippen LogP contribution is 2.47. The number of carbonyl (C=O) groups excluding carboxylic acids is 3. The van der Waals surface area contributed by atoms with Gasteiger partial charge in [0.05, 0.1) is 27.8 Å². The SMILES string of the molecule is CCCCC1(CCCC)CN(c2ccccc2)c2cc(SC)c(OCC(=O)NC(C(=O)NC(CC)C(=O)NCC(O)C(=O)O)c3ccccc3)cc2S(=O)(=O)C1. The summed E-state index contributed by atoms with van der Waals surface area (Å²) in [5.74, 6) is -3.39. The number of anilines is 2. The number of para-hydroxylation sites is 1. The van der Waals surface area contributed by atoms with Crippen molar-refractivity contribution in [3.8, 4) is 5.75 Å². The molecule has 3 aromatic carbocycles. The number of aliphatic hydroxyl groups is 1. The zero-order chi connectivity index (χ0) is 40.9. The van der Waals surface area contributed by atoms with Crippen molar-refractivity contribution in [3.63, 3.8) is 0 Å². The fourth-order valence-corrected chi connectivity index (χ4v) is 9.55. The number of carbonyl (C=O) groups is 4. The monoisotopic (exact) mass is 810 g/mol. The smallest absolute Gasteiger partial charge is 0.334 e. The molecule has 5 N–H and O–H groups in total. The molecule has 1 aliphatic heterocycles. The number of fused-ring (bicyclic) bond motifs is 1. The van der Waals surface area contributed by atoms with Crippen molar-refractivity contribution in [1.29, 1.82) is 0 Å². The van der Waals surface area contributed by atoms with Crippen LogP contribution >= 0.6 is 11.8 Å². The molecule has 0 aromatic heterocycles. The van der Waals surface area contributed by atoms with E-state index in [0.29, 0.717) is 22.7 Å². The van der Waals surface area contributed by atoms with Gasteiger partial charge in [-0.3, -0.25) is 14.4 Å². The summed E-state index contributed by atoms with van der Waals surface area (Å²) in [7, 11) is -3.83. The molecule has 0 bridgehead atoms. The number of hydrogen-bond donors (Lipinski definition) is 5. The maximum atomic E-state index is 14.5. The molecule has 13 nitrogen and oxygen atoms in total. The zero-order valence-corrected chi connectivity index (χ0v) is 34.1. The van der Waals surface area contributed by atoms with Crippen molar-refractivity contribution in [3.05, 3.63) is 78.4 Å². The maximum Gasteiger partial charge on any atom is 0.334 e. The first-order valence-corrected chi connectivity index (χ1v) is 21.9. The van der Waals surface area contributed by atoms with Crippen LogP contribution in [0.5, 0.6) is 5.75 Å². The standard InChI is InChI=1S/C41H54N4O9S2/c1-5-8-20-41(21-9-6-2)26-45(29-18-14-11-15-19-29)31-22-34(55-4)33(23-35(31)56(52,53)27-41)54-25-36(47)44-37(28-16-12-10-13-17-28)39(49)43-30(7-3)38(48)42-24-32(46)40(50)51/h10-19,22-23,30,32,37,46H,5-9,20-21,24-27H2,1-4H3,(H,42,48)(H,43,49)(H,44,47)(H,50,51). The van der Waals surface area contributed by atoms with Crippen LogP contribution in [0.25, 0.3) is 0 Å². The molecular weight excluding hydrogens is 757 g/mol. The van der Waals surface area contributed by atoms with E-state index in [1.165, 1.54) is 17.8 Å². The molecule has 56 heavy (non-hydrogen) atoms. The van der Waals surface area contributed by atoms with Crippen LogP contribution in [0.2, 0.25) is 0 Å². The van der Waals surface area contributed by atoms with Gasteiger partial charge in [0.15, 0.2) is 22.5 Å². The minimum atomic E-state index is -3.83. The highest BCUT2D eigenvalue weighted by atomic mass is 32.2. The van der Waals surface area contributed by atoms with Gasteiger partial charge >= 0.3 is 5.97 Å². The molecule has 0 saturated heterocycles. The van der Waals surface area contributed by atoms with E-state index in [0.717, 1.165) is 44.2 Å². The van der Waals surface area contributed by atoms with Gasteiger partial charge < -0.3 is 35.8 Å². The third-order valence-electron chi connectivity index (χ3n) is 9.91. The number of ether oxygens (including phenoxy) is 1. The van der Waals surface area contributed by atoms with Crippen LogP contribution in [0.3, 0.4) is 0 Å². The summed E-state index contributed by atoms with van der Waals surface area (Å²) < 4.78 is 35.0. The Labute approximate surface area is 333 Å². The maximum absolute atomic E-state index is 14.5. The molecule has 3 atom stereocenters. The number of nitrogens with zero attached hydrogens (tertiary/aromatic N) is 1. The first kappa shape index (κ1) is 44.1. The minimum Gasteiger partial charge on any atom is -0.483 e. The molecule has 3 aromatic rings. The number of nitrogens with one attached hydrogen (secondary N) is 3. The molecule has 0 fully saturated rings. The third kappa shape index (κ3) is 11.5. The van der Waals surface area contributed by atoms with E-state index in [-0.39, 0.29) is 22.8 Å². The average molecular weight is 811 g/mol. The molecule has 304 valence electrons. The molecule has 3 amide bonds. The number of unbranched alkanes of at least 4 members (excludes halogenated alkanes) is 2. The lowest BCUT2D eigenvalue weighted by molar-refractivity contribution is -0.146. The number of sulfone groups is 1. The predicted octanol–water partition coefficient (Wildman–Crippen LogP) is 5.39. The van der Waals surface area contributed by atoms with Crippen LogP contribution in [0.4, 0.5) is 11.4 Å². The lowest BCUT2D eigenvalue weighted by Gasteiger charge is -2.37. The van der Waals surface area contributed by atoms with E-state index in [1.54, 1.807) is 37.3 Å². The van der Waals surface area contributed by atoms with Gasteiger partial charge in [0, 0.05) is 23.7 Å². The van der Waals surface area contributed by atoms with Crippen molar-refractivity contribution in [1.82, 2.24) is 16.0 Å². The van der Waals surface area contributed by atoms with Crippen molar-refractivity contribution < 1.29 is 42.5 Å². The number of rotatable bonds is 20. The van der Waals surface area contributed by atoms with E-state index in [2.05, 4.69) is 34.7 Å². The topological polar surface area (TPSA) is 191 Å². The Morgan fingerprint density at radius 3 is 2.11 bits per heavy atom. The fraction of sp³-hybridized carbons (Fsp3) is 0.463. The van der Waals surface area contributed by atoms with Crippen LogP contribution in [0, 0.1) is 5.41 Å². The molecule has 15 heteroatoms. The summed E-state index contributed by atoms with van der Waals surface area (Å²) in [6, 6.07) is 19.2. The first-order valence-electron chi connectivity index (χ1n) is 19.0. The number of aliphatic hydroxyl groups excluding tert-OH is 1. The Morgan fingerprint density at radius 2 is 1.54 bits per heavy atom. The van der Waals surface area contributed by atoms with Crippen LogP contribution in [0.1, 0.15) is 77.3 Å². The fourth-order valence-electron chi connectivity index (χ4n) is 6.89. The van der Waals surface area contributed by atoms with E-state index in [1.807, 2.05) is 42.7 Å². The number of carboxylic acid groups (broad SMARTS) is 1. The summed E-state index contributed by atoms with van der Waals surface area (Å²) >= 11 is 1.36. The van der Waals surface area contributed by atoms with Crippen LogP contribution in [0.15, 0.2) is 82.6 Å². The van der Waals surface area contributed by atoms with Gasteiger partial charge in [0.1, 0.15) is 17.8 Å². The van der Waals surface area contributed by atoms with Gasteiger partial charge in [0.25, 0.3) is 5.91 Å². The second-order valence-corrected chi connectivity index (χ2v) is 16.9. The molecule has 0 spiro atoms. The largest absolute Gasteiger partial charge is 0.483 e. The number of aliphatic carboxylic acids is 1. The molecule has 1 aliphatic rings. The molecule has 0 aliphatic carbocycles. The molecule has 4 rings (SSSR count). The molecule has 1 heterocycles. The Kier molecular flexibility index (Phi) is 16.2. The summed E-state index contributed by atoms with van der Waals surface area (Å²) in [6.07, 6.45) is 5.41. The minimum absolute atomic E-state index is 0.0142. The molecule has 0 saturated carbocycles. The molecule has 0 radical (unpaired) electrons. The summed E-state index contributed by atoms with van der Waals surface area (Å²) in [5.41, 5.74) is 1.38. The van der Waals surface area contributed by atoms with E-state index in [4.69, 9.17) is 9.84 Å². The lowest BCUT2D eigenvalue weighted by atomic mass is 9.79. The van der Waals surface area contributed by atoms with Gasteiger partial charge in [-0.15, -0.1) is 11.8 Å². The second-order valence-electron chi connectivity index (χ2n) is 14.1. The Hall–Kier alpha value is -4.60. The van der Waals surface area contributed by atoms with Crippen LogP contribution in [-0.4, -0.2) is 86.2 Å². The summed E-state index contributed by atoms with van der Waals surface area (Å²) in [5, 5.41) is 26.1. The summed E-state index contributed by atoms with van der Waals surface area (Å²) in [4.78, 5) is 53.7. The van der Waals surface area contributed by atoms with Crippen LogP contribution in [-0.2, 0) is 29.0 Å². The zero-order valence-electron chi connectivity index (χ0n) is 32.5. The van der Waals surface area contributed by atoms with Gasteiger partial charge in [-0.2, -0.15) is 0 Å². The lowest BCUT2D eigenvalue weighted by Crippen LogP contribution is -2.52. The number of benzene rings is 3. The Balaban J connectivity index is 1.62. The van der Waals surface area contributed by atoms with Crippen molar-refractivity contribution in [2.75, 3.05) is 36.6 Å². The van der Waals surface area contributed by atoms with Gasteiger partial charge in [0.2, 0.25) is 11.8 Å². The van der Waals surface area contributed by atoms with E-state index < -0.39 is 70.3 Å². The normalized spacial score (nSPS) is 16.0. The number of amides is 3. The third-order valence-corrected chi connectivity index (χ3v) is 12.7.